The number of benzene rings is 2. The molecule has 2 atom stereocenters. The lowest BCUT2D eigenvalue weighted by Crippen LogP contribution is -2.37. The van der Waals surface area contributed by atoms with Gasteiger partial charge in [0, 0.05) is 15.6 Å². The van der Waals surface area contributed by atoms with Crippen molar-refractivity contribution in [3.8, 4) is 16.9 Å². The van der Waals surface area contributed by atoms with E-state index >= 15 is 0 Å². The standard InChI is InChI=1S/C23H18Cl3F4N5O3/c1-11(36)21-31-18(35(32-21)16-7-14(25)6-15(27)8-16)10-34-20(26)19(12-2-4-13(24)5-3-12)33(22(34)38)9-17(37)23(28,29)30/h2-8,11,17,36-37H,9-10H2,1H3. The van der Waals surface area contributed by atoms with Crippen molar-refractivity contribution < 1.29 is 27.8 Å². The summed E-state index contributed by atoms with van der Waals surface area (Å²) in [6, 6.07) is 9.33. The van der Waals surface area contributed by atoms with E-state index in [4.69, 9.17) is 34.8 Å². The van der Waals surface area contributed by atoms with E-state index in [9.17, 15) is 32.6 Å². The van der Waals surface area contributed by atoms with Crippen LogP contribution in [-0.4, -0.2) is 46.4 Å². The maximum Gasteiger partial charge on any atom is 0.416 e. The zero-order valence-electron chi connectivity index (χ0n) is 19.3. The van der Waals surface area contributed by atoms with Crippen molar-refractivity contribution in [1.82, 2.24) is 23.9 Å². The molecule has 0 aliphatic heterocycles. The van der Waals surface area contributed by atoms with Gasteiger partial charge >= 0.3 is 11.9 Å². The molecule has 8 nitrogen and oxygen atoms in total. The molecule has 0 bridgehead atoms. The van der Waals surface area contributed by atoms with Gasteiger partial charge in [-0.05, 0) is 37.3 Å². The van der Waals surface area contributed by atoms with Crippen molar-refractivity contribution in [2.45, 2.75) is 38.4 Å². The first-order chi connectivity index (χ1) is 17.8. The molecule has 2 aromatic heterocycles. The minimum atomic E-state index is -5.01. The molecule has 4 rings (SSSR count). The Labute approximate surface area is 227 Å². The van der Waals surface area contributed by atoms with Crippen molar-refractivity contribution in [2.75, 3.05) is 0 Å². The Balaban J connectivity index is 1.89. The van der Waals surface area contributed by atoms with Crippen LogP contribution in [0.3, 0.4) is 0 Å². The number of halogens is 7. The Bertz CT molecular complexity index is 1510. The number of alkyl halides is 3. The van der Waals surface area contributed by atoms with E-state index < -0.39 is 43.0 Å². The van der Waals surface area contributed by atoms with Gasteiger partial charge in [-0.25, -0.2) is 18.9 Å². The zero-order valence-corrected chi connectivity index (χ0v) is 21.6. The van der Waals surface area contributed by atoms with Gasteiger partial charge in [0.05, 0.1) is 24.5 Å². The van der Waals surface area contributed by atoms with Crippen molar-refractivity contribution in [3.05, 3.63) is 85.6 Å². The van der Waals surface area contributed by atoms with Gasteiger partial charge in [0.1, 0.15) is 17.1 Å². The lowest BCUT2D eigenvalue weighted by Gasteiger charge is -2.16. The molecule has 2 heterocycles. The highest BCUT2D eigenvalue weighted by atomic mass is 35.5. The Morgan fingerprint density at radius 1 is 1.00 bits per heavy atom. The van der Waals surface area contributed by atoms with Crippen LogP contribution in [0.4, 0.5) is 17.6 Å². The Morgan fingerprint density at radius 3 is 2.24 bits per heavy atom. The Morgan fingerprint density at radius 2 is 1.66 bits per heavy atom. The van der Waals surface area contributed by atoms with Gasteiger partial charge in [-0.2, -0.15) is 13.2 Å². The van der Waals surface area contributed by atoms with Gasteiger partial charge in [0.2, 0.25) is 0 Å². The zero-order chi connectivity index (χ0) is 27.9. The molecule has 0 radical (unpaired) electrons. The number of rotatable bonds is 7. The molecular weight excluding hydrogens is 577 g/mol. The van der Waals surface area contributed by atoms with Crippen LogP contribution in [-0.2, 0) is 13.1 Å². The fourth-order valence-corrected chi connectivity index (χ4v) is 4.37. The molecular formula is C23H18Cl3F4N5O3. The smallest absolute Gasteiger partial charge is 0.385 e. The number of hydrogen-bond acceptors (Lipinski definition) is 5. The second-order valence-electron chi connectivity index (χ2n) is 8.28. The fourth-order valence-electron chi connectivity index (χ4n) is 3.68. The van der Waals surface area contributed by atoms with E-state index in [1.54, 1.807) is 0 Å². The summed E-state index contributed by atoms with van der Waals surface area (Å²) in [5.41, 5.74) is -0.730. The van der Waals surface area contributed by atoms with Gasteiger partial charge in [-0.1, -0.05) is 46.9 Å². The first kappa shape index (κ1) is 28.1. The first-order valence-electron chi connectivity index (χ1n) is 10.9. The highest BCUT2D eigenvalue weighted by molar-refractivity contribution is 6.32. The van der Waals surface area contributed by atoms with Crippen LogP contribution in [0.25, 0.3) is 16.9 Å². The monoisotopic (exact) mass is 593 g/mol. The summed E-state index contributed by atoms with van der Waals surface area (Å²) in [6.07, 6.45) is -9.02. The predicted molar refractivity (Wildman–Crippen MR) is 132 cm³/mol. The molecule has 2 N–H and O–H groups in total. The van der Waals surface area contributed by atoms with E-state index in [1.807, 2.05) is 0 Å². The van der Waals surface area contributed by atoms with E-state index in [0.29, 0.717) is 9.59 Å². The third-order valence-electron chi connectivity index (χ3n) is 5.47. The van der Waals surface area contributed by atoms with Crippen LogP contribution in [0, 0.1) is 5.82 Å². The molecule has 0 saturated heterocycles. The van der Waals surface area contributed by atoms with Crippen LogP contribution in [0.15, 0.2) is 47.3 Å². The first-order valence-corrected chi connectivity index (χ1v) is 12.0. The Kier molecular flexibility index (Phi) is 7.91. The summed E-state index contributed by atoms with van der Waals surface area (Å²) in [6.45, 7) is -0.200. The molecule has 202 valence electrons. The summed E-state index contributed by atoms with van der Waals surface area (Å²) in [5.74, 6) is -0.780. The maximum atomic E-state index is 14.1. The summed E-state index contributed by atoms with van der Waals surface area (Å²) in [4.78, 5) is 17.6. The topological polar surface area (TPSA) is 98.1 Å². The molecule has 4 aromatic rings. The van der Waals surface area contributed by atoms with Crippen LogP contribution >= 0.6 is 34.8 Å². The van der Waals surface area contributed by atoms with E-state index in [0.717, 1.165) is 21.4 Å². The largest absolute Gasteiger partial charge is 0.416 e. The summed E-state index contributed by atoms with van der Waals surface area (Å²) in [7, 11) is 0. The molecule has 0 amide bonds. The number of nitrogens with zero attached hydrogens (tertiary/aromatic N) is 5. The average molecular weight is 595 g/mol. The number of imidazole rings is 1. The van der Waals surface area contributed by atoms with Gasteiger partial charge in [0.25, 0.3) is 0 Å². The van der Waals surface area contributed by atoms with Crippen molar-refractivity contribution in [2.24, 2.45) is 0 Å². The predicted octanol–water partition coefficient (Wildman–Crippen LogP) is 5.02. The molecule has 0 aliphatic carbocycles. The summed E-state index contributed by atoms with van der Waals surface area (Å²) < 4.78 is 56.3. The van der Waals surface area contributed by atoms with E-state index in [2.05, 4.69) is 10.1 Å². The number of aromatic nitrogens is 5. The normalized spacial score (nSPS) is 13.6. The lowest BCUT2D eigenvalue weighted by atomic mass is 10.1. The minimum absolute atomic E-state index is 0.0113. The highest BCUT2D eigenvalue weighted by Crippen LogP contribution is 2.31. The van der Waals surface area contributed by atoms with Crippen LogP contribution < -0.4 is 5.69 Å². The lowest BCUT2D eigenvalue weighted by molar-refractivity contribution is -0.207. The molecule has 0 fully saturated rings. The number of aliphatic hydroxyl groups excluding tert-OH is 2. The van der Waals surface area contributed by atoms with E-state index in [-0.39, 0.29) is 38.8 Å². The molecule has 0 spiro atoms. The van der Waals surface area contributed by atoms with Gasteiger partial charge in [-0.15, -0.1) is 5.10 Å². The molecule has 2 aromatic carbocycles. The average Bonchev–Trinajstić information content (AvgIpc) is 3.34. The molecule has 15 heteroatoms. The molecule has 38 heavy (non-hydrogen) atoms. The number of hydrogen-bond donors (Lipinski definition) is 2. The van der Waals surface area contributed by atoms with Gasteiger partial charge < -0.3 is 10.2 Å². The number of aliphatic hydroxyl groups is 2. The third kappa shape index (κ3) is 5.74. The SMILES string of the molecule is CC(O)c1nc(Cn2c(Cl)c(-c3ccc(Cl)cc3)n(CC(O)C(F)(F)F)c2=O)n(-c2cc(F)cc(Cl)c2)n1. The van der Waals surface area contributed by atoms with Crippen molar-refractivity contribution >= 4 is 34.8 Å². The van der Waals surface area contributed by atoms with Crippen molar-refractivity contribution in [1.29, 1.82) is 0 Å². The van der Waals surface area contributed by atoms with Crippen molar-refractivity contribution in [3.63, 3.8) is 0 Å². The second kappa shape index (κ2) is 10.7. The van der Waals surface area contributed by atoms with E-state index in [1.165, 1.54) is 37.3 Å². The quantitative estimate of drug-likeness (QED) is 0.293. The van der Waals surface area contributed by atoms with Crippen LogP contribution in [0.1, 0.15) is 24.7 Å². The fraction of sp³-hybridized carbons (Fsp3) is 0.261. The molecule has 0 saturated carbocycles. The summed E-state index contributed by atoms with van der Waals surface area (Å²) in [5, 5.41) is 24.0. The second-order valence-corrected chi connectivity index (χ2v) is 9.52. The third-order valence-corrected chi connectivity index (χ3v) is 6.32. The van der Waals surface area contributed by atoms with Crippen LogP contribution in [0.2, 0.25) is 15.2 Å². The summed E-state index contributed by atoms with van der Waals surface area (Å²) >= 11 is 18.4. The van der Waals surface area contributed by atoms with Gasteiger partial charge in [-0.3, -0.25) is 9.13 Å². The van der Waals surface area contributed by atoms with Crippen LogP contribution in [0.5, 0.6) is 0 Å². The highest BCUT2D eigenvalue weighted by Gasteiger charge is 2.39. The molecule has 2 unspecified atom stereocenters. The van der Waals surface area contributed by atoms with Gasteiger partial charge in [0.15, 0.2) is 17.8 Å². The minimum Gasteiger partial charge on any atom is -0.385 e. The maximum absolute atomic E-state index is 14.1. The Hall–Kier alpha value is -2.90. The molecule has 0 aliphatic rings.